The minimum Gasteiger partial charge on any atom is -0.508 e. The number of carbonyl (C=O) groups excluding carboxylic acids is 1. The summed E-state index contributed by atoms with van der Waals surface area (Å²) in [4.78, 5) is 24.6. The first-order chi connectivity index (χ1) is 9.99. The number of phenolic OH excluding ortho intramolecular Hbond substituents is 1. The molecule has 0 radical (unpaired) electrons. The van der Waals surface area contributed by atoms with Crippen LogP contribution in [0.4, 0.5) is 10.5 Å². The monoisotopic (exact) mass is 296 g/mol. The van der Waals surface area contributed by atoms with Crippen molar-refractivity contribution < 1.29 is 24.9 Å². The van der Waals surface area contributed by atoms with Crippen LogP contribution in [0.2, 0.25) is 0 Å². The fraction of sp³-hybridized carbons (Fsp3) is 0.429. The molecule has 0 heterocycles. The molecule has 4 N–H and O–H groups in total. The fourth-order valence-electron chi connectivity index (χ4n) is 1.80. The Bertz CT molecular complexity index is 504. The third-order valence-corrected chi connectivity index (χ3v) is 2.91. The Kier molecular flexibility index (Phi) is 6.48. The summed E-state index contributed by atoms with van der Waals surface area (Å²) in [6.45, 7) is 2.46. The zero-order valence-electron chi connectivity index (χ0n) is 11.9. The van der Waals surface area contributed by atoms with E-state index in [0.29, 0.717) is 6.54 Å². The summed E-state index contributed by atoms with van der Waals surface area (Å²) in [6, 6.07) is 3.21. The summed E-state index contributed by atoms with van der Waals surface area (Å²) in [5.41, 5.74) is -0.0903. The minimum absolute atomic E-state index is 0.102. The molecule has 0 aliphatic rings. The molecule has 7 nitrogen and oxygen atoms in total. The smallest absolute Gasteiger partial charge is 0.337 e. The van der Waals surface area contributed by atoms with E-state index in [4.69, 9.17) is 10.2 Å². The molecule has 116 valence electrons. The number of urea groups is 1. The lowest BCUT2D eigenvalue weighted by Gasteiger charge is -2.22. The standard InChI is InChI=1S/C14H20N2O5/c1-2-3-6-16(7-8-17)14(21)15-12-5-4-10(18)9-11(12)13(19)20/h4-5,9,17-18H,2-3,6-8H2,1H3,(H,15,21)(H,19,20). The number of aliphatic hydroxyl groups excluding tert-OH is 1. The van der Waals surface area contributed by atoms with Crippen LogP contribution < -0.4 is 5.32 Å². The molecular formula is C14H20N2O5. The Hall–Kier alpha value is -2.28. The molecule has 21 heavy (non-hydrogen) atoms. The van der Waals surface area contributed by atoms with E-state index < -0.39 is 12.0 Å². The van der Waals surface area contributed by atoms with Crippen molar-refractivity contribution in [1.82, 2.24) is 4.90 Å². The van der Waals surface area contributed by atoms with Crippen LogP contribution >= 0.6 is 0 Å². The molecule has 1 rings (SSSR count). The molecule has 0 bridgehead atoms. The number of amides is 2. The number of phenols is 1. The number of aromatic carboxylic acids is 1. The molecule has 1 aromatic rings. The number of aliphatic hydroxyl groups is 1. The van der Waals surface area contributed by atoms with Crippen molar-refractivity contribution in [3.05, 3.63) is 23.8 Å². The SMILES string of the molecule is CCCCN(CCO)C(=O)Nc1ccc(O)cc1C(=O)O. The van der Waals surface area contributed by atoms with Crippen LogP contribution in [-0.2, 0) is 0 Å². The van der Waals surface area contributed by atoms with E-state index in [-0.39, 0.29) is 30.2 Å². The average Bonchev–Trinajstić information content (AvgIpc) is 2.45. The maximum atomic E-state index is 12.1. The van der Waals surface area contributed by atoms with Crippen LogP contribution in [-0.4, -0.2) is 51.9 Å². The van der Waals surface area contributed by atoms with Crippen LogP contribution in [0.15, 0.2) is 18.2 Å². The maximum absolute atomic E-state index is 12.1. The number of unbranched alkanes of at least 4 members (excludes halogenated alkanes) is 1. The van der Waals surface area contributed by atoms with Crippen molar-refractivity contribution in [3.8, 4) is 5.75 Å². The zero-order chi connectivity index (χ0) is 15.8. The predicted octanol–water partition coefficient (Wildman–Crippen LogP) is 1.72. The van der Waals surface area contributed by atoms with Gasteiger partial charge >= 0.3 is 12.0 Å². The third-order valence-electron chi connectivity index (χ3n) is 2.91. The van der Waals surface area contributed by atoms with E-state index in [9.17, 15) is 14.7 Å². The van der Waals surface area contributed by atoms with Gasteiger partial charge in [0.2, 0.25) is 0 Å². The van der Waals surface area contributed by atoms with Crippen molar-refractivity contribution in [2.45, 2.75) is 19.8 Å². The fourth-order valence-corrected chi connectivity index (χ4v) is 1.80. The molecule has 0 fully saturated rings. The number of carbonyl (C=O) groups is 2. The van der Waals surface area contributed by atoms with Gasteiger partial charge in [0.05, 0.1) is 17.9 Å². The molecule has 0 aromatic heterocycles. The molecule has 2 amide bonds. The van der Waals surface area contributed by atoms with Crippen molar-refractivity contribution >= 4 is 17.7 Å². The summed E-state index contributed by atoms with van der Waals surface area (Å²) in [5, 5.41) is 29.9. The first-order valence-corrected chi connectivity index (χ1v) is 6.72. The lowest BCUT2D eigenvalue weighted by Crippen LogP contribution is -2.38. The number of carboxylic acids is 1. The van der Waals surface area contributed by atoms with Crippen molar-refractivity contribution in [2.24, 2.45) is 0 Å². The number of nitrogens with zero attached hydrogens (tertiary/aromatic N) is 1. The van der Waals surface area contributed by atoms with Gasteiger partial charge in [-0.3, -0.25) is 0 Å². The Labute approximate surface area is 122 Å². The topological polar surface area (TPSA) is 110 Å². The van der Waals surface area contributed by atoms with E-state index in [1.807, 2.05) is 6.92 Å². The van der Waals surface area contributed by atoms with E-state index in [1.165, 1.54) is 17.0 Å². The number of hydrogen-bond acceptors (Lipinski definition) is 4. The largest absolute Gasteiger partial charge is 0.508 e. The van der Waals surface area contributed by atoms with Gasteiger partial charge in [-0.2, -0.15) is 0 Å². The highest BCUT2D eigenvalue weighted by Crippen LogP contribution is 2.21. The van der Waals surface area contributed by atoms with E-state index in [1.54, 1.807) is 0 Å². The summed E-state index contributed by atoms with van der Waals surface area (Å²) >= 11 is 0. The Morgan fingerprint density at radius 3 is 2.57 bits per heavy atom. The average molecular weight is 296 g/mol. The third kappa shape index (κ3) is 4.96. The summed E-state index contributed by atoms with van der Waals surface area (Å²) < 4.78 is 0. The highest BCUT2D eigenvalue weighted by molar-refractivity contribution is 6.00. The number of rotatable bonds is 7. The molecule has 0 spiro atoms. The van der Waals surface area contributed by atoms with Crippen molar-refractivity contribution in [3.63, 3.8) is 0 Å². The second-order valence-electron chi connectivity index (χ2n) is 4.53. The summed E-state index contributed by atoms with van der Waals surface area (Å²) in [7, 11) is 0. The minimum atomic E-state index is -1.25. The molecule has 7 heteroatoms. The molecule has 1 aromatic carbocycles. The van der Waals surface area contributed by atoms with Crippen LogP contribution in [0.5, 0.6) is 5.75 Å². The molecule has 0 aliphatic heterocycles. The van der Waals surface area contributed by atoms with Gasteiger partial charge in [-0.05, 0) is 24.6 Å². The molecule has 0 atom stereocenters. The Morgan fingerprint density at radius 2 is 2.00 bits per heavy atom. The zero-order valence-corrected chi connectivity index (χ0v) is 11.9. The maximum Gasteiger partial charge on any atom is 0.337 e. The second-order valence-corrected chi connectivity index (χ2v) is 4.53. The molecule has 0 saturated carbocycles. The van der Waals surface area contributed by atoms with Gasteiger partial charge in [0.15, 0.2) is 0 Å². The predicted molar refractivity (Wildman–Crippen MR) is 77.7 cm³/mol. The number of anilines is 1. The molecule has 0 aliphatic carbocycles. The van der Waals surface area contributed by atoms with Gasteiger partial charge in [-0.1, -0.05) is 13.3 Å². The molecule has 0 unspecified atom stereocenters. The van der Waals surface area contributed by atoms with Crippen LogP contribution in [0.25, 0.3) is 0 Å². The van der Waals surface area contributed by atoms with E-state index >= 15 is 0 Å². The number of carboxylic acid groups (broad SMARTS) is 1. The quantitative estimate of drug-likeness (QED) is 0.573. The van der Waals surface area contributed by atoms with Crippen LogP contribution in [0.3, 0.4) is 0 Å². The normalized spacial score (nSPS) is 10.2. The number of aromatic hydroxyl groups is 1. The molecular weight excluding hydrogens is 276 g/mol. The number of nitrogens with one attached hydrogen (secondary N) is 1. The van der Waals surface area contributed by atoms with Crippen molar-refractivity contribution in [1.29, 1.82) is 0 Å². The van der Waals surface area contributed by atoms with Gasteiger partial charge in [0.1, 0.15) is 5.75 Å². The van der Waals surface area contributed by atoms with Gasteiger partial charge in [0, 0.05) is 13.1 Å². The second kappa shape index (κ2) is 8.11. The van der Waals surface area contributed by atoms with E-state index in [2.05, 4.69) is 5.32 Å². The molecule has 0 saturated heterocycles. The van der Waals surface area contributed by atoms with Crippen LogP contribution in [0.1, 0.15) is 30.1 Å². The number of hydrogen-bond donors (Lipinski definition) is 4. The van der Waals surface area contributed by atoms with Gasteiger partial charge in [-0.15, -0.1) is 0 Å². The lowest BCUT2D eigenvalue weighted by atomic mass is 10.1. The van der Waals surface area contributed by atoms with Crippen molar-refractivity contribution in [2.75, 3.05) is 25.0 Å². The number of benzene rings is 1. The van der Waals surface area contributed by atoms with E-state index in [0.717, 1.165) is 18.9 Å². The first-order valence-electron chi connectivity index (χ1n) is 6.72. The summed E-state index contributed by atoms with van der Waals surface area (Å²) in [5.74, 6) is -1.44. The van der Waals surface area contributed by atoms with Crippen LogP contribution in [0, 0.1) is 0 Å². The highest BCUT2D eigenvalue weighted by atomic mass is 16.4. The van der Waals surface area contributed by atoms with Gasteiger partial charge in [0.25, 0.3) is 0 Å². The Morgan fingerprint density at radius 1 is 1.29 bits per heavy atom. The lowest BCUT2D eigenvalue weighted by molar-refractivity contribution is 0.0697. The summed E-state index contributed by atoms with van der Waals surface area (Å²) in [6.07, 6.45) is 1.68. The Balaban J connectivity index is 2.87. The highest BCUT2D eigenvalue weighted by Gasteiger charge is 2.17. The first kappa shape index (κ1) is 16.8. The van der Waals surface area contributed by atoms with Gasteiger partial charge in [-0.25, -0.2) is 9.59 Å². The van der Waals surface area contributed by atoms with Gasteiger partial charge < -0.3 is 25.5 Å².